The molecule has 1 rings (SSSR count). The summed E-state index contributed by atoms with van der Waals surface area (Å²) in [6, 6.07) is 7.22. The summed E-state index contributed by atoms with van der Waals surface area (Å²) in [5.74, 6) is 0. The first-order valence-corrected chi connectivity index (χ1v) is 8.13. The Morgan fingerprint density at radius 2 is 1.83 bits per heavy atom. The molecule has 0 heterocycles. The van der Waals surface area contributed by atoms with Crippen LogP contribution in [0, 0.1) is 10.7 Å². The van der Waals surface area contributed by atoms with Crippen molar-refractivity contribution in [2.45, 2.75) is 11.4 Å². The van der Waals surface area contributed by atoms with E-state index in [1.165, 1.54) is 14.2 Å². The highest BCUT2D eigenvalue weighted by molar-refractivity contribution is 9.10. The second-order valence-electron chi connectivity index (χ2n) is 3.55. The summed E-state index contributed by atoms with van der Waals surface area (Å²) >= 11 is 4.20. The lowest BCUT2D eigenvalue weighted by Crippen LogP contribution is -2.19. The fraction of sp³-hybridized carbons (Fsp3) is 0.364. The monoisotopic (exact) mass is 349 g/mol. The number of hydrogen-bond acceptors (Lipinski definition) is 5. The molecule has 0 aliphatic carbocycles. The molecule has 0 aromatic heterocycles. The second-order valence-corrected chi connectivity index (χ2v) is 8.59. The van der Waals surface area contributed by atoms with Crippen LogP contribution in [0.15, 0.2) is 28.7 Å². The van der Waals surface area contributed by atoms with Gasteiger partial charge >= 0.3 is 7.60 Å². The SMILES string of the molecule is COP(=O)(OC)C(C)(SC#N)c1ccc(Br)cc1. The van der Waals surface area contributed by atoms with Crippen LogP contribution < -0.4 is 0 Å². The molecule has 0 spiro atoms. The molecule has 0 amide bonds. The van der Waals surface area contributed by atoms with Gasteiger partial charge in [-0.1, -0.05) is 28.1 Å². The maximum Gasteiger partial charge on any atom is 0.351 e. The van der Waals surface area contributed by atoms with Crippen LogP contribution in [0.4, 0.5) is 0 Å². The van der Waals surface area contributed by atoms with Crippen molar-refractivity contribution in [3.63, 3.8) is 0 Å². The summed E-state index contributed by atoms with van der Waals surface area (Å²) in [6.07, 6.45) is 0. The van der Waals surface area contributed by atoms with Crippen molar-refractivity contribution in [3.05, 3.63) is 34.3 Å². The quantitative estimate of drug-likeness (QED) is 0.585. The van der Waals surface area contributed by atoms with Crippen LogP contribution >= 0.6 is 35.3 Å². The Labute approximate surface area is 119 Å². The van der Waals surface area contributed by atoms with Crippen LogP contribution in [-0.2, 0) is 18.1 Å². The van der Waals surface area contributed by atoms with Gasteiger partial charge in [-0.05, 0) is 36.4 Å². The molecular weight excluding hydrogens is 337 g/mol. The van der Waals surface area contributed by atoms with Crippen LogP contribution in [0.1, 0.15) is 12.5 Å². The third-order valence-corrected chi connectivity index (χ3v) is 7.09. The standard InChI is InChI=1S/C11H13BrNO3PS/c1-11(18-8-13,17(14,15-2)16-3)9-4-6-10(12)7-5-9/h4-7H,1-3H3. The zero-order valence-electron chi connectivity index (χ0n) is 10.2. The first-order chi connectivity index (χ1) is 8.43. The zero-order chi connectivity index (χ0) is 13.8. The number of rotatable bonds is 5. The van der Waals surface area contributed by atoms with E-state index in [1.807, 2.05) is 17.5 Å². The normalized spacial score (nSPS) is 14.8. The molecule has 18 heavy (non-hydrogen) atoms. The Balaban J connectivity index is 3.36. The van der Waals surface area contributed by atoms with Gasteiger partial charge in [0.05, 0.1) is 0 Å². The van der Waals surface area contributed by atoms with Crippen molar-refractivity contribution in [1.82, 2.24) is 0 Å². The number of benzene rings is 1. The smallest absolute Gasteiger partial charge is 0.311 e. The van der Waals surface area contributed by atoms with Gasteiger partial charge in [0.15, 0.2) is 4.49 Å². The van der Waals surface area contributed by atoms with E-state index in [1.54, 1.807) is 19.1 Å². The molecular formula is C11H13BrNO3PS. The molecule has 0 bridgehead atoms. The molecule has 0 saturated carbocycles. The Kier molecular flexibility index (Phi) is 5.45. The van der Waals surface area contributed by atoms with E-state index < -0.39 is 12.1 Å². The van der Waals surface area contributed by atoms with Gasteiger partial charge in [0.1, 0.15) is 5.40 Å². The van der Waals surface area contributed by atoms with Crippen molar-refractivity contribution in [3.8, 4) is 5.40 Å². The molecule has 1 aromatic rings. The number of nitriles is 1. The van der Waals surface area contributed by atoms with Gasteiger partial charge in [0, 0.05) is 18.7 Å². The Morgan fingerprint density at radius 1 is 1.33 bits per heavy atom. The molecule has 0 N–H and O–H groups in total. The summed E-state index contributed by atoms with van der Waals surface area (Å²) in [5, 5.41) is 10.9. The van der Waals surface area contributed by atoms with E-state index in [9.17, 15) is 4.57 Å². The van der Waals surface area contributed by atoms with Gasteiger partial charge in [0.2, 0.25) is 0 Å². The van der Waals surface area contributed by atoms with E-state index >= 15 is 0 Å². The molecule has 1 unspecified atom stereocenters. The average molecular weight is 350 g/mol. The van der Waals surface area contributed by atoms with E-state index in [0.717, 1.165) is 16.2 Å². The average Bonchev–Trinajstić information content (AvgIpc) is 2.38. The second kappa shape index (κ2) is 6.23. The number of nitrogens with zero attached hydrogens (tertiary/aromatic N) is 1. The van der Waals surface area contributed by atoms with Crippen molar-refractivity contribution in [2.75, 3.05) is 14.2 Å². The lowest BCUT2D eigenvalue weighted by atomic mass is 10.2. The molecule has 7 heteroatoms. The highest BCUT2D eigenvalue weighted by Gasteiger charge is 2.48. The van der Waals surface area contributed by atoms with Crippen molar-refractivity contribution >= 4 is 35.3 Å². The van der Waals surface area contributed by atoms with Crippen LogP contribution in [0.5, 0.6) is 0 Å². The topological polar surface area (TPSA) is 59.3 Å². The van der Waals surface area contributed by atoms with E-state index in [2.05, 4.69) is 15.9 Å². The first kappa shape index (κ1) is 15.7. The van der Waals surface area contributed by atoms with Gasteiger partial charge in [-0.3, -0.25) is 4.57 Å². The minimum Gasteiger partial charge on any atom is -0.311 e. The summed E-state index contributed by atoms with van der Waals surface area (Å²) in [7, 11) is -0.794. The van der Waals surface area contributed by atoms with Gasteiger partial charge in [-0.15, -0.1) is 0 Å². The molecule has 1 aromatic carbocycles. The highest BCUT2D eigenvalue weighted by Crippen LogP contribution is 2.68. The molecule has 0 aliphatic rings. The lowest BCUT2D eigenvalue weighted by Gasteiger charge is -2.32. The molecule has 4 nitrogen and oxygen atoms in total. The third-order valence-electron chi connectivity index (χ3n) is 2.63. The molecule has 1 atom stereocenters. The maximum atomic E-state index is 12.6. The Hall–Kier alpha value is -0.310. The van der Waals surface area contributed by atoms with Gasteiger partial charge in [-0.2, -0.15) is 5.26 Å². The van der Waals surface area contributed by atoms with Crippen LogP contribution in [0.3, 0.4) is 0 Å². The van der Waals surface area contributed by atoms with Crippen LogP contribution in [0.25, 0.3) is 0 Å². The molecule has 0 radical (unpaired) electrons. The van der Waals surface area contributed by atoms with E-state index in [4.69, 9.17) is 14.3 Å². The van der Waals surface area contributed by atoms with Crippen molar-refractivity contribution in [1.29, 1.82) is 5.26 Å². The van der Waals surface area contributed by atoms with Gasteiger partial charge in [0.25, 0.3) is 0 Å². The predicted octanol–water partition coefficient (Wildman–Crippen LogP) is 4.32. The summed E-state index contributed by atoms with van der Waals surface area (Å²) in [6.45, 7) is 1.68. The molecule has 0 saturated heterocycles. The highest BCUT2D eigenvalue weighted by atomic mass is 79.9. The van der Waals surface area contributed by atoms with Crippen LogP contribution in [-0.4, -0.2) is 14.2 Å². The summed E-state index contributed by atoms with van der Waals surface area (Å²) in [5.41, 5.74) is 0.712. The Bertz CT molecular complexity index is 494. The minimum absolute atomic E-state index is 0.712. The fourth-order valence-corrected chi connectivity index (χ4v) is 4.57. The first-order valence-electron chi connectivity index (χ1n) is 4.98. The van der Waals surface area contributed by atoms with E-state index in [0.29, 0.717) is 5.56 Å². The minimum atomic E-state index is -3.43. The molecule has 98 valence electrons. The van der Waals surface area contributed by atoms with Gasteiger partial charge < -0.3 is 9.05 Å². The van der Waals surface area contributed by atoms with Gasteiger partial charge in [-0.25, -0.2) is 0 Å². The third kappa shape index (κ3) is 2.81. The lowest BCUT2D eigenvalue weighted by molar-refractivity contribution is 0.263. The Morgan fingerprint density at radius 3 is 2.22 bits per heavy atom. The number of thioether (sulfide) groups is 1. The van der Waals surface area contributed by atoms with Crippen molar-refractivity contribution in [2.24, 2.45) is 0 Å². The van der Waals surface area contributed by atoms with E-state index in [-0.39, 0.29) is 0 Å². The van der Waals surface area contributed by atoms with Crippen LogP contribution in [0.2, 0.25) is 0 Å². The van der Waals surface area contributed by atoms with Crippen molar-refractivity contribution < 1.29 is 13.6 Å². The summed E-state index contributed by atoms with van der Waals surface area (Å²) in [4.78, 5) is 0. The number of thiocyanates is 1. The zero-order valence-corrected chi connectivity index (χ0v) is 13.5. The molecule has 0 aliphatic heterocycles. The number of hydrogen-bond donors (Lipinski definition) is 0. The largest absolute Gasteiger partial charge is 0.351 e. The maximum absolute atomic E-state index is 12.6. The number of halogens is 1. The summed E-state index contributed by atoms with van der Waals surface area (Å²) < 4.78 is 22.5. The fourth-order valence-electron chi connectivity index (χ4n) is 1.54. The molecule has 0 fully saturated rings. The predicted molar refractivity (Wildman–Crippen MR) is 76.3 cm³/mol.